The molecule has 1 N–H and O–H groups in total. The van der Waals surface area contributed by atoms with Crippen molar-refractivity contribution < 1.29 is 4.42 Å². The quantitative estimate of drug-likeness (QED) is 0.461. The SMILES string of the molecule is CC(NC(c1ccc(C2CCCCC2)cc1)C(C)C)c1nnc(-c2cccs2)o1. The zero-order chi connectivity index (χ0) is 20.2. The highest BCUT2D eigenvalue weighted by atomic mass is 32.1. The number of aromatic nitrogens is 2. The summed E-state index contributed by atoms with van der Waals surface area (Å²) in [5.41, 5.74) is 2.82. The van der Waals surface area contributed by atoms with E-state index in [-0.39, 0.29) is 12.1 Å². The highest BCUT2D eigenvalue weighted by molar-refractivity contribution is 7.13. The lowest BCUT2D eigenvalue weighted by Gasteiger charge is -2.27. The summed E-state index contributed by atoms with van der Waals surface area (Å²) < 4.78 is 5.93. The summed E-state index contributed by atoms with van der Waals surface area (Å²) in [4.78, 5) is 1.01. The second-order valence-electron chi connectivity index (χ2n) is 8.53. The van der Waals surface area contributed by atoms with Gasteiger partial charge in [0.1, 0.15) is 0 Å². The van der Waals surface area contributed by atoms with Crippen molar-refractivity contribution in [1.29, 1.82) is 0 Å². The van der Waals surface area contributed by atoms with Gasteiger partial charge in [-0.05, 0) is 54.2 Å². The summed E-state index contributed by atoms with van der Waals surface area (Å²) in [5.74, 6) is 2.44. The minimum atomic E-state index is -0.0124. The van der Waals surface area contributed by atoms with Crippen LogP contribution in [0.15, 0.2) is 46.2 Å². The highest BCUT2D eigenvalue weighted by Crippen LogP contribution is 2.34. The molecular formula is C24H31N3OS. The number of nitrogens with one attached hydrogen (secondary N) is 1. The van der Waals surface area contributed by atoms with Gasteiger partial charge in [-0.25, -0.2) is 0 Å². The minimum absolute atomic E-state index is 0.0124. The molecule has 154 valence electrons. The molecule has 3 aromatic rings. The third kappa shape index (κ3) is 4.78. The van der Waals surface area contributed by atoms with Crippen LogP contribution >= 0.6 is 11.3 Å². The first-order valence-corrected chi connectivity index (χ1v) is 11.7. The molecular weight excluding hydrogens is 378 g/mol. The first-order valence-electron chi connectivity index (χ1n) is 10.8. The summed E-state index contributed by atoms with van der Waals surface area (Å²) in [6, 6.07) is 13.5. The number of rotatable bonds is 7. The van der Waals surface area contributed by atoms with E-state index >= 15 is 0 Å². The van der Waals surface area contributed by atoms with Crippen molar-refractivity contribution in [1.82, 2.24) is 15.5 Å². The van der Waals surface area contributed by atoms with Gasteiger partial charge in [0.15, 0.2) is 0 Å². The fourth-order valence-electron chi connectivity index (χ4n) is 4.34. The molecule has 1 saturated carbocycles. The van der Waals surface area contributed by atoms with E-state index in [9.17, 15) is 0 Å². The monoisotopic (exact) mass is 409 g/mol. The molecule has 2 heterocycles. The van der Waals surface area contributed by atoms with Crippen LogP contribution in [-0.4, -0.2) is 10.2 Å². The van der Waals surface area contributed by atoms with Crippen LogP contribution in [0, 0.1) is 5.92 Å². The maximum atomic E-state index is 5.93. The molecule has 0 aliphatic heterocycles. The van der Waals surface area contributed by atoms with Gasteiger partial charge in [-0.3, -0.25) is 5.32 Å². The van der Waals surface area contributed by atoms with Crippen LogP contribution in [-0.2, 0) is 0 Å². The molecule has 1 aliphatic rings. The Morgan fingerprint density at radius 1 is 1.00 bits per heavy atom. The largest absolute Gasteiger partial charge is 0.418 e. The smallest absolute Gasteiger partial charge is 0.257 e. The van der Waals surface area contributed by atoms with Crippen molar-refractivity contribution >= 4 is 11.3 Å². The van der Waals surface area contributed by atoms with Crippen LogP contribution in [0.5, 0.6) is 0 Å². The van der Waals surface area contributed by atoms with Crippen LogP contribution in [0.2, 0.25) is 0 Å². The molecule has 0 bridgehead atoms. The molecule has 1 aliphatic carbocycles. The average molecular weight is 410 g/mol. The van der Waals surface area contributed by atoms with Gasteiger partial charge >= 0.3 is 0 Å². The van der Waals surface area contributed by atoms with Crippen LogP contribution in [0.1, 0.15) is 87.9 Å². The van der Waals surface area contributed by atoms with E-state index < -0.39 is 0 Å². The fourth-order valence-corrected chi connectivity index (χ4v) is 4.98. The molecule has 4 nitrogen and oxygen atoms in total. The normalized spacial score (nSPS) is 17.5. The number of nitrogens with zero attached hydrogens (tertiary/aromatic N) is 2. The van der Waals surface area contributed by atoms with Gasteiger partial charge in [-0.15, -0.1) is 21.5 Å². The van der Waals surface area contributed by atoms with Gasteiger partial charge in [0, 0.05) is 6.04 Å². The maximum Gasteiger partial charge on any atom is 0.257 e. The Morgan fingerprint density at radius 2 is 1.76 bits per heavy atom. The van der Waals surface area contributed by atoms with Crippen molar-refractivity contribution in [3.63, 3.8) is 0 Å². The van der Waals surface area contributed by atoms with Crippen molar-refractivity contribution in [2.45, 2.75) is 70.9 Å². The van der Waals surface area contributed by atoms with E-state index in [0.29, 0.717) is 17.7 Å². The molecule has 29 heavy (non-hydrogen) atoms. The second-order valence-corrected chi connectivity index (χ2v) is 9.48. The highest BCUT2D eigenvalue weighted by Gasteiger charge is 2.23. The van der Waals surface area contributed by atoms with Crippen LogP contribution < -0.4 is 5.32 Å². The molecule has 2 atom stereocenters. The molecule has 0 radical (unpaired) electrons. The number of hydrogen-bond acceptors (Lipinski definition) is 5. The Balaban J connectivity index is 1.46. The van der Waals surface area contributed by atoms with Gasteiger partial charge < -0.3 is 4.42 Å². The standard InChI is InChI=1S/C24H31N3OS/c1-16(2)22(20-13-11-19(12-14-20)18-8-5-4-6-9-18)25-17(3)23-26-27-24(28-23)21-10-7-15-29-21/h7,10-18,22,25H,4-6,8-9H2,1-3H3. The molecule has 2 unspecified atom stereocenters. The van der Waals surface area contributed by atoms with Gasteiger partial charge in [0.2, 0.25) is 5.89 Å². The van der Waals surface area contributed by atoms with Crippen LogP contribution in [0.3, 0.4) is 0 Å². The summed E-state index contributed by atoms with van der Waals surface area (Å²) in [6.07, 6.45) is 6.82. The summed E-state index contributed by atoms with van der Waals surface area (Å²) >= 11 is 1.61. The van der Waals surface area contributed by atoms with Crippen molar-refractivity contribution in [3.05, 3.63) is 58.8 Å². The van der Waals surface area contributed by atoms with Gasteiger partial charge in [-0.1, -0.05) is 63.4 Å². The van der Waals surface area contributed by atoms with E-state index in [2.05, 4.69) is 60.6 Å². The summed E-state index contributed by atoms with van der Waals surface area (Å²) in [6.45, 7) is 6.60. The van der Waals surface area contributed by atoms with Crippen molar-refractivity contribution in [3.8, 4) is 10.8 Å². The first kappa shape index (κ1) is 20.3. The zero-order valence-electron chi connectivity index (χ0n) is 17.6. The number of hydrogen-bond donors (Lipinski definition) is 1. The summed E-state index contributed by atoms with van der Waals surface area (Å²) in [5, 5.41) is 14.2. The Bertz CT molecular complexity index is 879. The van der Waals surface area contributed by atoms with E-state index in [1.807, 2.05) is 17.5 Å². The molecule has 0 amide bonds. The number of thiophene rings is 1. The minimum Gasteiger partial charge on any atom is -0.418 e. The average Bonchev–Trinajstić information content (AvgIpc) is 3.44. The topological polar surface area (TPSA) is 51.0 Å². The molecule has 1 aromatic carbocycles. The Kier molecular flexibility index (Phi) is 6.46. The maximum absolute atomic E-state index is 5.93. The van der Waals surface area contributed by atoms with Gasteiger partial charge in [-0.2, -0.15) is 0 Å². The van der Waals surface area contributed by atoms with E-state index in [4.69, 9.17) is 4.42 Å². The third-order valence-corrected chi connectivity index (χ3v) is 6.87. The zero-order valence-corrected chi connectivity index (χ0v) is 18.4. The molecule has 2 aromatic heterocycles. The number of benzene rings is 1. The molecule has 4 rings (SSSR count). The van der Waals surface area contributed by atoms with Crippen LogP contribution in [0.25, 0.3) is 10.8 Å². The molecule has 0 saturated heterocycles. The van der Waals surface area contributed by atoms with Crippen molar-refractivity contribution in [2.24, 2.45) is 5.92 Å². The first-order chi connectivity index (χ1) is 14.1. The molecule has 5 heteroatoms. The third-order valence-electron chi connectivity index (χ3n) is 6.01. The predicted molar refractivity (Wildman–Crippen MR) is 119 cm³/mol. The molecule has 0 spiro atoms. The van der Waals surface area contributed by atoms with E-state index in [1.165, 1.54) is 43.2 Å². The lowest BCUT2D eigenvalue weighted by Crippen LogP contribution is -2.28. The van der Waals surface area contributed by atoms with Crippen molar-refractivity contribution in [2.75, 3.05) is 0 Å². The Labute approximate surface area is 177 Å². The van der Waals surface area contributed by atoms with Gasteiger partial charge in [0.05, 0.1) is 10.9 Å². The Hall–Kier alpha value is -1.98. The molecule has 1 fully saturated rings. The van der Waals surface area contributed by atoms with E-state index in [0.717, 1.165) is 10.8 Å². The second kappa shape index (κ2) is 9.23. The van der Waals surface area contributed by atoms with E-state index in [1.54, 1.807) is 11.3 Å². The summed E-state index contributed by atoms with van der Waals surface area (Å²) in [7, 11) is 0. The predicted octanol–water partition coefficient (Wildman–Crippen LogP) is 6.89. The Morgan fingerprint density at radius 3 is 2.41 bits per heavy atom. The lowest BCUT2D eigenvalue weighted by atomic mass is 9.83. The fraction of sp³-hybridized carbons (Fsp3) is 0.500. The lowest BCUT2D eigenvalue weighted by molar-refractivity contribution is 0.335. The van der Waals surface area contributed by atoms with Crippen LogP contribution in [0.4, 0.5) is 0 Å². The van der Waals surface area contributed by atoms with Gasteiger partial charge in [0.25, 0.3) is 5.89 Å².